The lowest BCUT2D eigenvalue weighted by Crippen LogP contribution is -2.35. The summed E-state index contributed by atoms with van der Waals surface area (Å²) in [6.45, 7) is 6.09. The van der Waals surface area contributed by atoms with Crippen LogP contribution in [0.2, 0.25) is 0 Å². The van der Waals surface area contributed by atoms with Crippen molar-refractivity contribution in [1.82, 2.24) is 0 Å². The first-order chi connectivity index (χ1) is 13.3. The first kappa shape index (κ1) is 19.7. The van der Waals surface area contributed by atoms with Crippen LogP contribution in [0, 0.1) is 0 Å². The van der Waals surface area contributed by atoms with E-state index in [1.54, 1.807) is 57.0 Å². The summed E-state index contributed by atoms with van der Waals surface area (Å²) in [5, 5.41) is 2.67. The van der Waals surface area contributed by atoms with Gasteiger partial charge in [-0.3, -0.25) is 10.1 Å². The monoisotopic (exact) mass is 382 g/mol. The number of carbonyl (C=O) groups is 2. The summed E-state index contributed by atoms with van der Waals surface area (Å²) >= 11 is 0. The van der Waals surface area contributed by atoms with Crippen LogP contribution in [0.1, 0.15) is 43.1 Å². The Morgan fingerprint density at radius 2 is 1.79 bits per heavy atom. The van der Waals surface area contributed by atoms with E-state index in [9.17, 15) is 9.59 Å². The maximum absolute atomic E-state index is 13.0. The summed E-state index contributed by atoms with van der Waals surface area (Å²) in [5.74, 6) is 0.737. The molecular formula is C22H26N2O4. The van der Waals surface area contributed by atoms with Crippen LogP contribution in [-0.2, 0) is 11.2 Å². The zero-order valence-corrected chi connectivity index (χ0v) is 16.7. The van der Waals surface area contributed by atoms with Gasteiger partial charge in [0.15, 0.2) is 0 Å². The van der Waals surface area contributed by atoms with Crippen molar-refractivity contribution in [2.24, 2.45) is 0 Å². The van der Waals surface area contributed by atoms with Crippen molar-refractivity contribution in [2.45, 2.75) is 39.2 Å². The lowest BCUT2D eigenvalue weighted by Gasteiger charge is -2.30. The molecule has 0 unspecified atom stereocenters. The van der Waals surface area contributed by atoms with Gasteiger partial charge in [-0.15, -0.1) is 0 Å². The molecule has 1 aliphatic rings. The summed E-state index contributed by atoms with van der Waals surface area (Å²) in [5.41, 5.74) is 2.62. The van der Waals surface area contributed by atoms with Gasteiger partial charge in [-0.2, -0.15) is 0 Å². The van der Waals surface area contributed by atoms with Crippen molar-refractivity contribution in [3.05, 3.63) is 53.6 Å². The molecule has 2 amide bonds. The number of anilines is 2. The summed E-state index contributed by atoms with van der Waals surface area (Å²) in [7, 11) is 1.64. The highest BCUT2D eigenvalue weighted by atomic mass is 16.6. The molecule has 0 saturated heterocycles. The number of aryl methyl sites for hydroxylation is 1. The third-order valence-electron chi connectivity index (χ3n) is 4.43. The fourth-order valence-corrected chi connectivity index (χ4v) is 3.18. The maximum atomic E-state index is 13.0. The Morgan fingerprint density at radius 3 is 2.43 bits per heavy atom. The van der Waals surface area contributed by atoms with E-state index in [0.717, 1.165) is 29.8 Å². The Kier molecular flexibility index (Phi) is 5.58. The SMILES string of the molecule is COc1ccc2c(c1)CCCN2C(=O)c1ccc(NC(=O)OC(C)(C)C)cc1. The van der Waals surface area contributed by atoms with Gasteiger partial charge in [0.1, 0.15) is 11.4 Å². The molecule has 1 N–H and O–H groups in total. The number of amides is 2. The largest absolute Gasteiger partial charge is 0.497 e. The second kappa shape index (κ2) is 7.92. The predicted octanol–water partition coefficient (Wildman–Crippen LogP) is 4.64. The highest BCUT2D eigenvalue weighted by Gasteiger charge is 2.24. The number of carbonyl (C=O) groups excluding carboxylic acids is 2. The number of hydrogen-bond acceptors (Lipinski definition) is 4. The van der Waals surface area contributed by atoms with Gasteiger partial charge in [0.25, 0.3) is 5.91 Å². The molecule has 3 rings (SSSR count). The third kappa shape index (κ3) is 4.63. The Bertz CT molecular complexity index is 869. The molecule has 1 heterocycles. The number of hydrogen-bond donors (Lipinski definition) is 1. The van der Waals surface area contributed by atoms with E-state index < -0.39 is 11.7 Å². The number of benzene rings is 2. The lowest BCUT2D eigenvalue weighted by atomic mass is 10.0. The quantitative estimate of drug-likeness (QED) is 0.840. The number of rotatable bonds is 3. The molecule has 1 aliphatic heterocycles. The molecule has 0 spiro atoms. The second-order valence-corrected chi connectivity index (χ2v) is 7.76. The van der Waals surface area contributed by atoms with E-state index in [2.05, 4.69) is 5.32 Å². The normalized spacial score (nSPS) is 13.5. The van der Waals surface area contributed by atoms with Crippen molar-refractivity contribution < 1.29 is 19.1 Å². The van der Waals surface area contributed by atoms with Crippen molar-refractivity contribution in [2.75, 3.05) is 23.9 Å². The van der Waals surface area contributed by atoms with Crippen LogP contribution in [0.5, 0.6) is 5.75 Å². The first-order valence-corrected chi connectivity index (χ1v) is 9.36. The molecule has 0 aliphatic carbocycles. The molecule has 6 nitrogen and oxygen atoms in total. The van der Waals surface area contributed by atoms with Crippen LogP contribution in [0.25, 0.3) is 0 Å². The fourth-order valence-electron chi connectivity index (χ4n) is 3.18. The molecule has 6 heteroatoms. The molecule has 0 atom stereocenters. The molecule has 148 valence electrons. The topological polar surface area (TPSA) is 67.9 Å². The van der Waals surface area contributed by atoms with E-state index in [1.165, 1.54) is 0 Å². The van der Waals surface area contributed by atoms with Crippen molar-refractivity contribution in [3.8, 4) is 5.75 Å². The minimum absolute atomic E-state index is 0.0602. The molecule has 2 aromatic carbocycles. The highest BCUT2D eigenvalue weighted by molar-refractivity contribution is 6.07. The Labute approximate surface area is 165 Å². The highest BCUT2D eigenvalue weighted by Crippen LogP contribution is 2.31. The van der Waals surface area contributed by atoms with Crippen LogP contribution in [-0.4, -0.2) is 31.3 Å². The zero-order valence-electron chi connectivity index (χ0n) is 16.7. The summed E-state index contributed by atoms with van der Waals surface area (Å²) < 4.78 is 10.5. The van der Waals surface area contributed by atoms with E-state index in [1.807, 2.05) is 18.2 Å². The van der Waals surface area contributed by atoms with Crippen LogP contribution in [0.15, 0.2) is 42.5 Å². The standard InChI is InChI=1S/C22H26N2O4/c1-22(2,3)28-21(26)23-17-9-7-15(8-10-17)20(25)24-13-5-6-16-14-18(27-4)11-12-19(16)24/h7-12,14H,5-6,13H2,1-4H3,(H,23,26). The Morgan fingerprint density at radius 1 is 1.07 bits per heavy atom. The summed E-state index contributed by atoms with van der Waals surface area (Å²) in [6.07, 6.45) is 1.31. The van der Waals surface area contributed by atoms with Gasteiger partial charge in [0.2, 0.25) is 0 Å². The van der Waals surface area contributed by atoms with Gasteiger partial charge in [-0.1, -0.05) is 0 Å². The molecule has 0 saturated carbocycles. The van der Waals surface area contributed by atoms with Gasteiger partial charge in [-0.25, -0.2) is 4.79 Å². The zero-order chi connectivity index (χ0) is 20.3. The Balaban J connectivity index is 1.73. The summed E-state index contributed by atoms with van der Waals surface area (Å²) in [4.78, 5) is 26.7. The van der Waals surface area contributed by atoms with Gasteiger partial charge >= 0.3 is 6.09 Å². The Hall–Kier alpha value is -3.02. The van der Waals surface area contributed by atoms with E-state index in [0.29, 0.717) is 17.8 Å². The second-order valence-electron chi connectivity index (χ2n) is 7.76. The smallest absolute Gasteiger partial charge is 0.412 e. The average molecular weight is 382 g/mol. The van der Waals surface area contributed by atoms with E-state index in [-0.39, 0.29) is 5.91 Å². The number of nitrogens with one attached hydrogen (secondary N) is 1. The minimum atomic E-state index is -0.565. The van der Waals surface area contributed by atoms with E-state index >= 15 is 0 Å². The van der Waals surface area contributed by atoms with Crippen LogP contribution in [0.3, 0.4) is 0 Å². The molecular weight excluding hydrogens is 356 g/mol. The van der Waals surface area contributed by atoms with Gasteiger partial charge in [-0.05, 0) is 81.6 Å². The third-order valence-corrected chi connectivity index (χ3v) is 4.43. The molecule has 0 fully saturated rings. The van der Waals surface area contributed by atoms with Crippen LogP contribution < -0.4 is 15.0 Å². The molecule has 0 bridgehead atoms. The van der Waals surface area contributed by atoms with Gasteiger partial charge in [0.05, 0.1) is 7.11 Å². The number of nitrogens with zero attached hydrogens (tertiary/aromatic N) is 1. The molecule has 0 aromatic heterocycles. The number of ether oxygens (including phenoxy) is 2. The maximum Gasteiger partial charge on any atom is 0.412 e. The van der Waals surface area contributed by atoms with Gasteiger partial charge < -0.3 is 14.4 Å². The molecule has 2 aromatic rings. The van der Waals surface area contributed by atoms with Crippen LogP contribution in [0.4, 0.5) is 16.2 Å². The molecule has 0 radical (unpaired) electrons. The number of methoxy groups -OCH3 is 1. The molecule has 28 heavy (non-hydrogen) atoms. The average Bonchev–Trinajstić information content (AvgIpc) is 2.65. The van der Waals surface area contributed by atoms with Gasteiger partial charge in [0, 0.05) is 23.5 Å². The van der Waals surface area contributed by atoms with E-state index in [4.69, 9.17) is 9.47 Å². The fraction of sp³-hybridized carbons (Fsp3) is 0.364. The van der Waals surface area contributed by atoms with Crippen molar-refractivity contribution >= 4 is 23.4 Å². The number of fused-ring (bicyclic) bond motifs is 1. The van der Waals surface area contributed by atoms with Crippen molar-refractivity contribution in [3.63, 3.8) is 0 Å². The lowest BCUT2D eigenvalue weighted by molar-refractivity contribution is 0.0636. The van der Waals surface area contributed by atoms with Crippen molar-refractivity contribution in [1.29, 1.82) is 0 Å². The summed E-state index contributed by atoms with van der Waals surface area (Å²) in [6, 6.07) is 12.6. The predicted molar refractivity (Wildman–Crippen MR) is 109 cm³/mol. The first-order valence-electron chi connectivity index (χ1n) is 9.36. The van der Waals surface area contributed by atoms with Crippen LogP contribution >= 0.6 is 0 Å². The minimum Gasteiger partial charge on any atom is -0.497 e.